The number of hydrogen-bond acceptors (Lipinski definition) is 4. The Morgan fingerprint density at radius 3 is 2.95 bits per heavy atom. The summed E-state index contributed by atoms with van der Waals surface area (Å²) in [6.07, 6.45) is 3.23. The molecule has 0 radical (unpaired) electrons. The first-order chi connectivity index (χ1) is 10.1. The van der Waals surface area contributed by atoms with E-state index in [1.807, 2.05) is 22.9 Å². The largest absolute Gasteiger partial charge is 0.388 e. The summed E-state index contributed by atoms with van der Waals surface area (Å²) in [5, 5.41) is 22.1. The van der Waals surface area contributed by atoms with Crippen molar-refractivity contribution >= 4 is 22.5 Å². The summed E-state index contributed by atoms with van der Waals surface area (Å²) >= 11 is 0. The third-order valence-corrected chi connectivity index (χ3v) is 3.94. The number of nitrogens with zero attached hydrogens (tertiary/aromatic N) is 2. The molecule has 0 spiro atoms. The summed E-state index contributed by atoms with van der Waals surface area (Å²) in [4.78, 5) is 11.2. The van der Waals surface area contributed by atoms with Gasteiger partial charge in [-0.05, 0) is 44.1 Å². The van der Waals surface area contributed by atoms with Gasteiger partial charge in [-0.3, -0.25) is 9.48 Å². The van der Waals surface area contributed by atoms with E-state index in [4.69, 9.17) is 0 Å². The molecule has 6 nitrogen and oxygen atoms in total. The molecule has 1 amide bonds. The van der Waals surface area contributed by atoms with Gasteiger partial charge in [0, 0.05) is 18.0 Å². The summed E-state index contributed by atoms with van der Waals surface area (Å²) in [6, 6.07) is 5.68. The van der Waals surface area contributed by atoms with E-state index in [2.05, 4.69) is 15.7 Å². The second-order valence-corrected chi connectivity index (χ2v) is 5.73. The first-order valence-corrected chi connectivity index (χ1v) is 7.22. The van der Waals surface area contributed by atoms with Gasteiger partial charge < -0.3 is 15.7 Å². The number of hydrogen-bond donors (Lipinski definition) is 3. The standard InChI is InChI=1S/C15H20N4O2/c1-11(20)18-13-3-2-12-9-17-19(14(12)8-13)10-15(21)4-6-16-7-5-15/h2-3,8-9,16,21H,4-7,10H2,1H3,(H,18,20). The minimum absolute atomic E-state index is 0.0996. The van der Waals surface area contributed by atoms with Gasteiger partial charge in [0.05, 0.1) is 23.9 Å². The molecule has 1 aliphatic heterocycles. The molecule has 0 unspecified atom stereocenters. The van der Waals surface area contributed by atoms with Crippen molar-refractivity contribution in [3.8, 4) is 0 Å². The number of aliphatic hydroxyl groups is 1. The van der Waals surface area contributed by atoms with Crippen LogP contribution < -0.4 is 10.6 Å². The predicted octanol–water partition coefficient (Wildman–Crippen LogP) is 1.11. The first-order valence-electron chi connectivity index (χ1n) is 7.22. The number of carbonyl (C=O) groups excluding carboxylic acids is 1. The predicted molar refractivity (Wildman–Crippen MR) is 81.1 cm³/mol. The van der Waals surface area contributed by atoms with Crippen LogP contribution in [0.25, 0.3) is 10.9 Å². The summed E-state index contributed by atoms with van der Waals surface area (Å²) in [6.45, 7) is 3.61. The van der Waals surface area contributed by atoms with E-state index in [-0.39, 0.29) is 5.91 Å². The molecule has 0 bridgehead atoms. The lowest BCUT2D eigenvalue weighted by atomic mass is 9.92. The lowest BCUT2D eigenvalue weighted by Crippen LogP contribution is -2.44. The van der Waals surface area contributed by atoms with Crippen LogP contribution in [0.15, 0.2) is 24.4 Å². The van der Waals surface area contributed by atoms with Gasteiger partial charge in [-0.2, -0.15) is 5.10 Å². The molecule has 3 rings (SSSR count). The van der Waals surface area contributed by atoms with Crippen molar-refractivity contribution in [3.05, 3.63) is 24.4 Å². The molecule has 21 heavy (non-hydrogen) atoms. The molecule has 1 aromatic carbocycles. The lowest BCUT2D eigenvalue weighted by Gasteiger charge is -2.32. The Morgan fingerprint density at radius 1 is 1.48 bits per heavy atom. The van der Waals surface area contributed by atoms with E-state index in [0.29, 0.717) is 6.54 Å². The van der Waals surface area contributed by atoms with Crippen LogP contribution in [-0.4, -0.2) is 39.5 Å². The van der Waals surface area contributed by atoms with Crippen molar-refractivity contribution in [2.24, 2.45) is 0 Å². The minimum Gasteiger partial charge on any atom is -0.388 e. The minimum atomic E-state index is -0.714. The fourth-order valence-electron chi connectivity index (χ4n) is 2.81. The topological polar surface area (TPSA) is 79.2 Å². The smallest absolute Gasteiger partial charge is 0.221 e. The fraction of sp³-hybridized carbons (Fsp3) is 0.467. The number of carbonyl (C=O) groups is 1. The Balaban J connectivity index is 1.89. The SMILES string of the molecule is CC(=O)Nc1ccc2cnn(CC3(O)CCNCC3)c2c1. The normalized spacial score (nSPS) is 17.8. The zero-order chi connectivity index (χ0) is 14.9. The van der Waals surface area contributed by atoms with Crippen molar-refractivity contribution in [1.82, 2.24) is 15.1 Å². The second kappa shape index (κ2) is 5.46. The Labute approximate surface area is 123 Å². The lowest BCUT2D eigenvalue weighted by molar-refractivity contribution is -0.114. The zero-order valence-corrected chi connectivity index (χ0v) is 12.1. The highest BCUT2D eigenvalue weighted by Gasteiger charge is 2.30. The number of amides is 1. The van der Waals surface area contributed by atoms with Crippen molar-refractivity contribution in [2.75, 3.05) is 18.4 Å². The summed E-state index contributed by atoms with van der Waals surface area (Å²) in [7, 11) is 0. The molecule has 3 N–H and O–H groups in total. The van der Waals surface area contributed by atoms with Gasteiger partial charge in [0.25, 0.3) is 0 Å². The number of rotatable bonds is 3. The molecule has 1 saturated heterocycles. The Morgan fingerprint density at radius 2 is 2.24 bits per heavy atom. The number of aromatic nitrogens is 2. The second-order valence-electron chi connectivity index (χ2n) is 5.73. The van der Waals surface area contributed by atoms with Crippen LogP contribution in [0.5, 0.6) is 0 Å². The number of fused-ring (bicyclic) bond motifs is 1. The Kier molecular flexibility index (Phi) is 3.65. The van der Waals surface area contributed by atoms with Crippen LogP contribution in [0.4, 0.5) is 5.69 Å². The van der Waals surface area contributed by atoms with Crippen molar-refractivity contribution in [1.29, 1.82) is 0 Å². The number of nitrogens with one attached hydrogen (secondary N) is 2. The third-order valence-electron chi connectivity index (χ3n) is 3.94. The van der Waals surface area contributed by atoms with Crippen molar-refractivity contribution in [3.63, 3.8) is 0 Å². The molecule has 2 heterocycles. The molecule has 0 saturated carbocycles. The van der Waals surface area contributed by atoms with E-state index < -0.39 is 5.60 Å². The maximum Gasteiger partial charge on any atom is 0.221 e. The molecular weight excluding hydrogens is 268 g/mol. The van der Waals surface area contributed by atoms with E-state index in [1.165, 1.54) is 6.92 Å². The van der Waals surface area contributed by atoms with Gasteiger partial charge in [-0.15, -0.1) is 0 Å². The maximum atomic E-state index is 11.2. The quantitative estimate of drug-likeness (QED) is 0.790. The molecule has 112 valence electrons. The first kappa shape index (κ1) is 14.0. The van der Waals surface area contributed by atoms with Crippen LogP contribution in [-0.2, 0) is 11.3 Å². The van der Waals surface area contributed by atoms with Crippen LogP contribution in [0, 0.1) is 0 Å². The van der Waals surface area contributed by atoms with Gasteiger partial charge in [0.1, 0.15) is 0 Å². The third kappa shape index (κ3) is 3.06. The molecule has 1 aliphatic rings. The van der Waals surface area contributed by atoms with Crippen LogP contribution in [0.3, 0.4) is 0 Å². The van der Waals surface area contributed by atoms with Gasteiger partial charge in [0.2, 0.25) is 5.91 Å². The van der Waals surface area contributed by atoms with Crippen molar-refractivity contribution in [2.45, 2.75) is 31.9 Å². The summed E-state index contributed by atoms with van der Waals surface area (Å²) in [5.41, 5.74) is 0.955. The average Bonchev–Trinajstić information content (AvgIpc) is 2.81. The maximum absolute atomic E-state index is 11.2. The Hall–Kier alpha value is -1.92. The van der Waals surface area contributed by atoms with Gasteiger partial charge in [-0.25, -0.2) is 0 Å². The number of anilines is 1. The Bertz CT molecular complexity index is 659. The van der Waals surface area contributed by atoms with Gasteiger partial charge >= 0.3 is 0 Å². The molecular formula is C15H20N4O2. The zero-order valence-electron chi connectivity index (χ0n) is 12.1. The number of benzene rings is 1. The number of piperidine rings is 1. The summed E-state index contributed by atoms with van der Waals surface area (Å²) in [5.74, 6) is -0.0996. The highest BCUT2D eigenvalue weighted by atomic mass is 16.3. The fourth-order valence-corrected chi connectivity index (χ4v) is 2.81. The average molecular weight is 288 g/mol. The van der Waals surface area contributed by atoms with Crippen LogP contribution in [0.1, 0.15) is 19.8 Å². The van der Waals surface area contributed by atoms with E-state index >= 15 is 0 Å². The van der Waals surface area contributed by atoms with Crippen LogP contribution >= 0.6 is 0 Å². The summed E-state index contributed by atoms with van der Waals surface area (Å²) < 4.78 is 1.83. The van der Waals surface area contributed by atoms with Gasteiger partial charge in [-0.1, -0.05) is 0 Å². The molecule has 1 aromatic heterocycles. The molecule has 0 atom stereocenters. The molecule has 1 fully saturated rings. The molecule has 6 heteroatoms. The highest BCUT2D eigenvalue weighted by molar-refractivity contribution is 5.92. The molecule has 2 aromatic rings. The van der Waals surface area contributed by atoms with E-state index in [0.717, 1.165) is 42.5 Å². The monoisotopic (exact) mass is 288 g/mol. The van der Waals surface area contributed by atoms with Crippen LogP contribution in [0.2, 0.25) is 0 Å². The highest BCUT2D eigenvalue weighted by Crippen LogP contribution is 2.24. The van der Waals surface area contributed by atoms with Crippen molar-refractivity contribution < 1.29 is 9.90 Å². The van der Waals surface area contributed by atoms with Gasteiger partial charge in [0.15, 0.2) is 0 Å². The van der Waals surface area contributed by atoms with E-state index in [1.54, 1.807) is 6.20 Å². The van der Waals surface area contributed by atoms with E-state index in [9.17, 15) is 9.90 Å². The molecule has 0 aliphatic carbocycles.